The van der Waals surface area contributed by atoms with E-state index < -0.39 is 23.6 Å². The van der Waals surface area contributed by atoms with E-state index in [0.717, 1.165) is 12.1 Å². The highest BCUT2D eigenvalue weighted by Gasteiger charge is 2.12. The molecule has 0 unspecified atom stereocenters. The molecule has 0 bridgehead atoms. The first kappa shape index (κ1) is 15.6. The summed E-state index contributed by atoms with van der Waals surface area (Å²) in [5.41, 5.74) is 0.424. The Morgan fingerprint density at radius 3 is 1.91 bits per heavy atom. The summed E-state index contributed by atoms with van der Waals surface area (Å²) in [6, 6.07) is 8.00. The SMILES string of the molecule is CCOC(=O)c1ccc(C(=O)Oc2cc(F)cc(F)c2)cc1. The maximum Gasteiger partial charge on any atom is 0.343 e. The average molecular weight is 306 g/mol. The van der Waals surface area contributed by atoms with Crippen LogP contribution in [0.25, 0.3) is 0 Å². The molecule has 0 aliphatic heterocycles. The van der Waals surface area contributed by atoms with Crippen LogP contribution in [0.2, 0.25) is 0 Å². The second-order valence-corrected chi connectivity index (χ2v) is 4.29. The van der Waals surface area contributed by atoms with Gasteiger partial charge in [0.1, 0.15) is 17.4 Å². The Hall–Kier alpha value is -2.76. The van der Waals surface area contributed by atoms with Gasteiger partial charge < -0.3 is 9.47 Å². The zero-order valence-corrected chi connectivity index (χ0v) is 11.6. The first-order valence-electron chi connectivity index (χ1n) is 6.45. The minimum atomic E-state index is -0.847. The van der Waals surface area contributed by atoms with Crippen molar-refractivity contribution in [2.24, 2.45) is 0 Å². The second kappa shape index (κ2) is 6.80. The van der Waals surface area contributed by atoms with E-state index in [9.17, 15) is 18.4 Å². The Kier molecular flexibility index (Phi) is 4.83. The van der Waals surface area contributed by atoms with E-state index in [4.69, 9.17) is 9.47 Å². The van der Waals surface area contributed by atoms with Gasteiger partial charge in [0, 0.05) is 18.2 Å². The topological polar surface area (TPSA) is 52.6 Å². The van der Waals surface area contributed by atoms with E-state index in [-0.39, 0.29) is 23.5 Å². The summed E-state index contributed by atoms with van der Waals surface area (Å²) in [6.07, 6.45) is 0. The normalized spacial score (nSPS) is 10.1. The lowest BCUT2D eigenvalue weighted by Crippen LogP contribution is -2.10. The van der Waals surface area contributed by atoms with Gasteiger partial charge in [-0.25, -0.2) is 18.4 Å². The van der Waals surface area contributed by atoms with Crippen molar-refractivity contribution in [2.75, 3.05) is 6.61 Å². The summed E-state index contributed by atoms with van der Waals surface area (Å²) in [5.74, 6) is -3.23. The van der Waals surface area contributed by atoms with Crippen LogP contribution in [0.15, 0.2) is 42.5 Å². The van der Waals surface area contributed by atoms with Crippen molar-refractivity contribution in [3.05, 3.63) is 65.2 Å². The number of rotatable bonds is 4. The molecule has 6 heteroatoms. The molecule has 0 radical (unpaired) electrons. The zero-order valence-electron chi connectivity index (χ0n) is 11.6. The minimum absolute atomic E-state index is 0.137. The Balaban J connectivity index is 2.11. The third-order valence-corrected chi connectivity index (χ3v) is 2.68. The molecule has 2 aromatic carbocycles. The van der Waals surface area contributed by atoms with Crippen LogP contribution in [-0.4, -0.2) is 18.5 Å². The first-order chi connectivity index (χ1) is 10.5. The predicted octanol–water partition coefficient (Wildman–Crippen LogP) is 3.36. The summed E-state index contributed by atoms with van der Waals surface area (Å²) in [6.45, 7) is 1.93. The molecule has 2 rings (SSSR count). The van der Waals surface area contributed by atoms with Gasteiger partial charge in [-0.3, -0.25) is 0 Å². The summed E-state index contributed by atoms with van der Waals surface area (Å²) < 4.78 is 35.7. The van der Waals surface area contributed by atoms with Crippen LogP contribution in [0, 0.1) is 11.6 Å². The molecule has 0 aliphatic rings. The fourth-order valence-corrected chi connectivity index (χ4v) is 1.71. The predicted molar refractivity (Wildman–Crippen MR) is 73.7 cm³/mol. The van der Waals surface area contributed by atoms with Gasteiger partial charge in [-0.2, -0.15) is 0 Å². The molecule has 0 atom stereocenters. The van der Waals surface area contributed by atoms with Crippen molar-refractivity contribution in [2.45, 2.75) is 6.92 Å². The Labute approximate surface area is 125 Å². The zero-order chi connectivity index (χ0) is 16.1. The highest BCUT2D eigenvalue weighted by Crippen LogP contribution is 2.17. The Morgan fingerprint density at radius 1 is 0.909 bits per heavy atom. The number of halogens is 2. The van der Waals surface area contributed by atoms with Crippen LogP contribution in [0.3, 0.4) is 0 Å². The Bertz CT molecular complexity index is 676. The maximum atomic E-state index is 13.0. The molecule has 0 saturated carbocycles. The third-order valence-electron chi connectivity index (χ3n) is 2.68. The van der Waals surface area contributed by atoms with E-state index in [1.165, 1.54) is 24.3 Å². The number of carbonyl (C=O) groups is 2. The first-order valence-corrected chi connectivity index (χ1v) is 6.45. The van der Waals surface area contributed by atoms with Crippen LogP contribution < -0.4 is 4.74 Å². The molecule has 4 nitrogen and oxygen atoms in total. The molecule has 0 saturated heterocycles. The molecule has 0 spiro atoms. The molecule has 0 N–H and O–H groups in total. The van der Waals surface area contributed by atoms with E-state index in [2.05, 4.69) is 0 Å². The van der Waals surface area contributed by atoms with Crippen LogP contribution in [0.4, 0.5) is 8.78 Å². The number of hydrogen-bond donors (Lipinski definition) is 0. The second-order valence-electron chi connectivity index (χ2n) is 4.29. The highest BCUT2D eigenvalue weighted by atomic mass is 19.1. The Morgan fingerprint density at radius 2 is 1.41 bits per heavy atom. The fourth-order valence-electron chi connectivity index (χ4n) is 1.71. The van der Waals surface area contributed by atoms with Crippen molar-refractivity contribution >= 4 is 11.9 Å². The van der Waals surface area contributed by atoms with Crippen LogP contribution >= 0.6 is 0 Å². The van der Waals surface area contributed by atoms with E-state index in [0.29, 0.717) is 6.07 Å². The average Bonchev–Trinajstić information content (AvgIpc) is 2.46. The van der Waals surface area contributed by atoms with Crippen LogP contribution in [0.1, 0.15) is 27.6 Å². The van der Waals surface area contributed by atoms with Gasteiger partial charge in [-0.1, -0.05) is 0 Å². The summed E-state index contributed by atoms with van der Waals surface area (Å²) >= 11 is 0. The number of carbonyl (C=O) groups excluding carboxylic acids is 2. The lowest BCUT2D eigenvalue weighted by Gasteiger charge is -2.06. The van der Waals surface area contributed by atoms with E-state index in [1.807, 2.05) is 0 Å². The molecule has 0 aliphatic carbocycles. The van der Waals surface area contributed by atoms with Crippen molar-refractivity contribution in [3.63, 3.8) is 0 Å². The van der Waals surface area contributed by atoms with Crippen molar-refractivity contribution in [1.29, 1.82) is 0 Å². The summed E-state index contributed by atoms with van der Waals surface area (Å²) in [5, 5.41) is 0. The number of esters is 2. The molecule has 0 fully saturated rings. The molecule has 2 aromatic rings. The van der Waals surface area contributed by atoms with Gasteiger partial charge in [-0.05, 0) is 31.2 Å². The maximum absolute atomic E-state index is 13.0. The number of benzene rings is 2. The van der Waals surface area contributed by atoms with E-state index in [1.54, 1.807) is 6.92 Å². The standard InChI is InChI=1S/C16H12F2O4/c1-2-21-15(19)10-3-5-11(6-4-10)16(20)22-14-8-12(17)7-13(18)9-14/h3-9H,2H2,1H3. The van der Waals surface area contributed by atoms with Gasteiger partial charge in [0.2, 0.25) is 0 Å². The van der Waals surface area contributed by atoms with Gasteiger partial charge in [-0.15, -0.1) is 0 Å². The molecule has 22 heavy (non-hydrogen) atoms. The van der Waals surface area contributed by atoms with Crippen LogP contribution in [-0.2, 0) is 4.74 Å². The van der Waals surface area contributed by atoms with Gasteiger partial charge in [0.15, 0.2) is 0 Å². The monoisotopic (exact) mass is 306 g/mol. The highest BCUT2D eigenvalue weighted by molar-refractivity contribution is 5.94. The quantitative estimate of drug-likeness (QED) is 0.642. The molecule has 114 valence electrons. The lowest BCUT2D eigenvalue weighted by molar-refractivity contribution is 0.0525. The fraction of sp³-hybridized carbons (Fsp3) is 0.125. The van der Waals surface area contributed by atoms with Gasteiger partial charge in [0.25, 0.3) is 0 Å². The summed E-state index contributed by atoms with van der Waals surface area (Å²) in [7, 11) is 0. The van der Waals surface area contributed by atoms with Crippen LogP contribution in [0.5, 0.6) is 5.75 Å². The number of ether oxygens (including phenoxy) is 2. The molecular formula is C16H12F2O4. The van der Waals surface area contributed by atoms with Gasteiger partial charge >= 0.3 is 11.9 Å². The lowest BCUT2D eigenvalue weighted by atomic mass is 10.1. The van der Waals surface area contributed by atoms with Crippen molar-refractivity contribution in [3.8, 4) is 5.75 Å². The smallest absolute Gasteiger partial charge is 0.343 e. The minimum Gasteiger partial charge on any atom is -0.462 e. The molecule has 0 amide bonds. The molecule has 0 aromatic heterocycles. The van der Waals surface area contributed by atoms with Crippen molar-refractivity contribution in [1.82, 2.24) is 0 Å². The van der Waals surface area contributed by atoms with Gasteiger partial charge in [0.05, 0.1) is 17.7 Å². The number of hydrogen-bond acceptors (Lipinski definition) is 4. The third kappa shape index (κ3) is 3.88. The molecule has 0 heterocycles. The summed E-state index contributed by atoms with van der Waals surface area (Å²) in [4.78, 5) is 23.3. The molecular weight excluding hydrogens is 294 g/mol. The van der Waals surface area contributed by atoms with Crippen molar-refractivity contribution < 1.29 is 27.8 Å². The largest absolute Gasteiger partial charge is 0.462 e. The van der Waals surface area contributed by atoms with E-state index >= 15 is 0 Å².